The van der Waals surface area contributed by atoms with E-state index in [0.29, 0.717) is 11.3 Å². The number of aromatic amines is 1. The normalized spacial score (nSPS) is 11.1. The Balaban J connectivity index is 2.32. The molecule has 2 heterocycles. The fraction of sp³-hybridized carbons (Fsp3) is 0.0833. The van der Waals surface area contributed by atoms with Crippen LogP contribution in [-0.4, -0.2) is 30.6 Å². The SMILES string of the molecule is Cn1c(-c2nc[nH]c2C(=O)O)nc2c(F)cccc21. The molecule has 6 nitrogen and oxygen atoms in total. The van der Waals surface area contributed by atoms with Gasteiger partial charge in [0.2, 0.25) is 0 Å². The highest BCUT2D eigenvalue weighted by Crippen LogP contribution is 2.25. The Morgan fingerprint density at radius 3 is 2.95 bits per heavy atom. The van der Waals surface area contributed by atoms with E-state index in [1.165, 1.54) is 12.4 Å². The van der Waals surface area contributed by atoms with E-state index in [9.17, 15) is 9.18 Å². The van der Waals surface area contributed by atoms with Gasteiger partial charge in [0, 0.05) is 7.05 Å². The van der Waals surface area contributed by atoms with E-state index in [-0.39, 0.29) is 16.9 Å². The number of H-pyrrole nitrogens is 1. The van der Waals surface area contributed by atoms with Crippen molar-refractivity contribution in [1.82, 2.24) is 19.5 Å². The third-order valence-electron chi connectivity index (χ3n) is 2.93. The standard InChI is InChI=1S/C12H9FN4O2/c1-17-7-4-2-3-6(13)8(7)16-11(17)9-10(12(18)19)15-5-14-9/h2-5H,1H3,(H,14,15)(H,18,19). The molecule has 0 saturated carbocycles. The molecule has 0 fully saturated rings. The molecule has 0 spiro atoms. The third-order valence-corrected chi connectivity index (χ3v) is 2.93. The van der Waals surface area contributed by atoms with Crippen LogP contribution in [0.3, 0.4) is 0 Å². The molecule has 3 aromatic rings. The van der Waals surface area contributed by atoms with Gasteiger partial charge in [-0.1, -0.05) is 6.07 Å². The number of aromatic carboxylic acids is 1. The van der Waals surface area contributed by atoms with Crippen LogP contribution in [0.5, 0.6) is 0 Å². The van der Waals surface area contributed by atoms with E-state index >= 15 is 0 Å². The minimum absolute atomic E-state index is 0.0705. The number of carboxylic acids is 1. The molecule has 19 heavy (non-hydrogen) atoms. The number of halogens is 1. The number of fused-ring (bicyclic) bond motifs is 1. The summed E-state index contributed by atoms with van der Waals surface area (Å²) in [4.78, 5) is 21.7. The highest BCUT2D eigenvalue weighted by molar-refractivity contribution is 5.93. The second-order valence-electron chi connectivity index (χ2n) is 4.03. The van der Waals surface area contributed by atoms with E-state index in [4.69, 9.17) is 5.11 Å². The lowest BCUT2D eigenvalue weighted by Crippen LogP contribution is -2.02. The molecule has 1 aromatic carbocycles. The van der Waals surface area contributed by atoms with E-state index in [2.05, 4.69) is 15.0 Å². The van der Waals surface area contributed by atoms with Crippen molar-refractivity contribution in [3.05, 3.63) is 36.0 Å². The number of hydrogen-bond donors (Lipinski definition) is 2. The average molecular weight is 260 g/mol. The molecule has 96 valence electrons. The first-order valence-electron chi connectivity index (χ1n) is 5.47. The summed E-state index contributed by atoms with van der Waals surface area (Å²) < 4.78 is 15.3. The molecule has 7 heteroatoms. The Hall–Kier alpha value is -2.70. The molecule has 2 aromatic heterocycles. The van der Waals surface area contributed by atoms with Crippen LogP contribution in [0, 0.1) is 5.82 Å². The Bertz CT molecular complexity index is 790. The maximum absolute atomic E-state index is 13.7. The summed E-state index contributed by atoms with van der Waals surface area (Å²) in [6, 6.07) is 4.59. The summed E-state index contributed by atoms with van der Waals surface area (Å²) >= 11 is 0. The predicted octanol–water partition coefficient (Wildman–Crippen LogP) is 1.80. The number of aryl methyl sites for hydroxylation is 1. The smallest absolute Gasteiger partial charge is 0.354 e. The lowest BCUT2D eigenvalue weighted by Gasteiger charge is -2.00. The molecule has 0 bridgehead atoms. The zero-order valence-corrected chi connectivity index (χ0v) is 9.88. The van der Waals surface area contributed by atoms with Gasteiger partial charge >= 0.3 is 5.97 Å². The maximum Gasteiger partial charge on any atom is 0.354 e. The molecule has 0 atom stereocenters. The molecule has 0 saturated heterocycles. The fourth-order valence-corrected chi connectivity index (χ4v) is 2.02. The Morgan fingerprint density at radius 1 is 1.47 bits per heavy atom. The maximum atomic E-state index is 13.7. The van der Waals surface area contributed by atoms with Gasteiger partial charge in [-0.25, -0.2) is 19.2 Å². The number of aromatic nitrogens is 4. The van der Waals surface area contributed by atoms with Gasteiger partial charge in [0.15, 0.2) is 17.3 Å². The monoisotopic (exact) mass is 260 g/mol. The average Bonchev–Trinajstić information content (AvgIpc) is 2.95. The van der Waals surface area contributed by atoms with Crippen LogP contribution < -0.4 is 0 Å². The number of para-hydroxylation sites is 1. The number of hydrogen-bond acceptors (Lipinski definition) is 3. The molecular weight excluding hydrogens is 251 g/mol. The molecule has 0 unspecified atom stereocenters. The second-order valence-corrected chi connectivity index (χ2v) is 4.03. The van der Waals surface area contributed by atoms with Gasteiger partial charge in [-0.05, 0) is 12.1 Å². The van der Waals surface area contributed by atoms with Crippen molar-refractivity contribution in [1.29, 1.82) is 0 Å². The van der Waals surface area contributed by atoms with Crippen LogP contribution in [0.15, 0.2) is 24.5 Å². The fourth-order valence-electron chi connectivity index (χ4n) is 2.02. The zero-order valence-electron chi connectivity index (χ0n) is 9.88. The highest BCUT2D eigenvalue weighted by Gasteiger charge is 2.20. The Kier molecular flexibility index (Phi) is 2.34. The van der Waals surface area contributed by atoms with Crippen molar-refractivity contribution < 1.29 is 14.3 Å². The summed E-state index contributed by atoms with van der Waals surface area (Å²) in [6.07, 6.45) is 1.27. The Labute approximate surface area is 106 Å². The van der Waals surface area contributed by atoms with Crippen LogP contribution >= 0.6 is 0 Å². The van der Waals surface area contributed by atoms with Crippen LogP contribution in [-0.2, 0) is 7.05 Å². The number of nitrogens with zero attached hydrogens (tertiary/aromatic N) is 3. The van der Waals surface area contributed by atoms with Gasteiger partial charge in [-0.15, -0.1) is 0 Å². The summed E-state index contributed by atoms with van der Waals surface area (Å²) in [5.41, 5.74) is 0.887. The minimum Gasteiger partial charge on any atom is -0.477 e. The first-order chi connectivity index (χ1) is 9.09. The van der Waals surface area contributed by atoms with Gasteiger partial charge in [0.05, 0.1) is 11.8 Å². The minimum atomic E-state index is -1.14. The molecule has 2 N–H and O–H groups in total. The quantitative estimate of drug-likeness (QED) is 0.735. The van der Waals surface area contributed by atoms with Crippen molar-refractivity contribution in [3.63, 3.8) is 0 Å². The number of imidazole rings is 2. The van der Waals surface area contributed by atoms with Crippen LogP contribution in [0.1, 0.15) is 10.5 Å². The van der Waals surface area contributed by atoms with Gasteiger partial charge in [0.1, 0.15) is 11.2 Å². The first kappa shape index (κ1) is 11.4. The molecule has 0 aliphatic carbocycles. The number of carbonyl (C=O) groups is 1. The van der Waals surface area contributed by atoms with E-state index in [1.54, 1.807) is 23.7 Å². The summed E-state index contributed by atoms with van der Waals surface area (Å²) in [6.45, 7) is 0. The number of rotatable bonds is 2. The molecular formula is C12H9FN4O2. The summed E-state index contributed by atoms with van der Waals surface area (Å²) in [5, 5.41) is 9.05. The van der Waals surface area contributed by atoms with E-state index in [1.807, 2.05) is 0 Å². The van der Waals surface area contributed by atoms with Crippen LogP contribution in [0.4, 0.5) is 4.39 Å². The van der Waals surface area contributed by atoms with Crippen LogP contribution in [0.25, 0.3) is 22.6 Å². The lowest BCUT2D eigenvalue weighted by atomic mass is 10.3. The van der Waals surface area contributed by atoms with Crippen molar-refractivity contribution in [2.24, 2.45) is 7.05 Å². The van der Waals surface area contributed by atoms with Crippen LogP contribution in [0.2, 0.25) is 0 Å². The molecule has 0 amide bonds. The van der Waals surface area contributed by atoms with Gasteiger partial charge < -0.3 is 14.7 Å². The number of benzene rings is 1. The number of carboxylic acid groups (broad SMARTS) is 1. The zero-order chi connectivity index (χ0) is 13.6. The first-order valence-corrected chi connectivity index (χ1v) is 5.47. The summed E-state index contributed by atoms with van der Waals surface area (Å²) in [5.74, 6) is -1.29. The Morgan fingerprint density at radius 2 is 2.26 bits per heavy atom. The van der Waals surface area contributed by atoms with Gasteiger partial charge in [-0.2, -0.15) is 0 Å². The van der Waals surface area contributed by atoms with Crippen molar-refractivity contribution in [2.45, 2.75) is 0 Å². The molecule has 0 aliphatic rings. The van der Waals surface area contributed by atoms with Crippen molar-refractivity contribution >= 4 is 17.0 Å². The van der Waals surface area contributed by atoms with Crippen molar-refractivity contribution in [2.75, 3.05) is 0 Å². The predicted molar refractivity (Wildman–Crippen MR) is 65.2 cm³/mol. The molecule has 0 radical (unpaired) electrons. The lowest BCUT2D eigenvalue weighted by molar-refractivity contribution is 0.0692. The van der Waals surface area contributed by atoms with E-state index < -0.39 is 11.8 Å². The topological polar surface area (TPSA) is 83.8 Å². The molecule has 3 rings (SSSR count). The van der Waals surface area contributed by atoms with E-state index in [0.717, 1.165) is 0 Å². The largest absolute Gasteiger partial charge is 0.477 e. The van der Waals surface area contributed by atoms with Gasteiger partial charge in [0.25, 0.3) is 0 Å². The molecule has 0 aliphatic heterocycles. The number of nitrogens with one attached hydrogen (secondary N) is 1. The third kappa shape index (κ3) is 1.59. The van der Waals surface area contributed by atoms with Gasteiger partial charge in [-0.3, -0.25) is 0 Å². The van der Waals surface area contributed by atoms with Crippen molar-refractivity contribution in [3.8, 4) is 11.5 Å². The second kappa shape index (κ2) is 3.91. The summed E-state index contributed by atoms with van der Waals surface area (Å²) in [7, 11) is 1.68. The highest BCUT2D eigenvalue weighted by atomic mass is 19.1.